The molecular formula is C16H13FN2O2S2. The van der Waals surface area contributed by atoms with Crippen LogP contribution in [-0.4, -0.2) is 17.1 Å². The van der Waals surface area contributed by atoms with Crippen molar-refractivity contribution in [2.24, 2.45) is 0 Å². The molecule has 0 saturated carbocycles. The summed E-state index contributed by atoms with van der Waals surface area (Å²) in [5.74, 6) is -0.389. The molecule has 7 heteroatoms. The molecule has 0 spiro atoms. The third-order valence-corrected chi connectivity index (χ3v) is 4.96. The Kier molecular flexibility index (Phi) is 4.58. The summed E-state index contributed by atoms with van der Waals surface area (Å²) in [6.07, 6.45) is 0. The molecule has 0 aromatic heterocycles. The average Bonchev–Trinajstić information content (AvgIpc) is 2.55. The Bertz CT molecular complexity index is 782. The number of carbonyl (C=O) groups excluding carboxylic acids is 2. The zero-order chi connectivity index (χ0) is 16.4. The summed E-state index contributed by atoms with van der Waals surface area (Å²) in [4.78, 5) is 25.4. The summed E-state index contributed by atoms with van der Waals surface area (Å²) in [7, 11) is 0. The Morgan fingerprint density at radius 1 is 1.30 bits per heavy atom. The van der Waals surface area contributed by atoms with Crippen LogP contribution in [0, 0.1) is 0 Å². The number of carbonyl (C=O) groups is 2. The number of thioether (sulfide) groups is 1. The highest BCUT2D eigenvalue weighted by atomic mass is 32.2. The Balaban J connectivity index is 1.80. The van der Waals surface area contributed by atoms with Gasteiger partial charge < -0.3 is 10.6 Å². The maximum Gasteiger partial charge on any atom is 0.255 e. The number of benzene rings is 2. The van der Waals surface area contributed by atoms with E-state index in [4.69, 9.17) is 0 Å². The van der Waals surface area contributed by atoms with Crippen LogP contribution in [0.5, 0.6) is 0 Å². The lowest BCUT2D eigenvalue weighted by atomic mass is 10.1. The second kappa shape index (κ2) is 6.64. The van der Waals surface area contributed by atoms with Crippen LogP contribution >= 0.6 is 23.9 Å². The molecule has 3 rings (SSSR count). The van der Waals surface area contributed by atoms with E-state index in [9.17, 15) is 13.5 Å². The van der Waals surface area contributed by atoms with Crippen molar-refractivity contribution in [3.05, 3.63) is 48.0 Å². The molecule has 1 aliphatic heterocycles. The Morgan fingerprint density at radius 3 is 2.91 bits per heavy atom. The standard InChI is InChI=1S/C16H13FN2O2S2/c1-9-15(20)19-13-7-10(5-6-14(13)22-9)16(21)18-11-3-2-4-12(8-11)23-17/h2-9H,1H3,(H,18,21)(H,19,20). The molecule has 0 bridgehead atoms. The first kappa shape index (κ1) is 15.9. The number of amides is 2. The van der Waals surface area contributed by atoms with E-state index in [1.807, 2.05) is 13.0 Å². The van der Waals surface area contributed by atoms with Crippen molar-refractivity contribution in [2.75, 3.05) is 10.6 Å². The summed E-state index contributed by atoms with van der Waals surface area (Å²) in [6.45, 7) is 1.83. The van der Waals surface area contributed by atoms with E-state index in [0.717, 1.165) is 4.90 Å². The third-order valence-electron chi connectivity index (χ3n) is 3.35. The van der Waals surface area contributed by atoms with E-state index < -0.39 is 0 Å². The average molecular weight is 348 g/mol. The van der Waals surface area contributed by atoms with Gasteiger partial charge in [0.05, 0.1) is 23.1 Å². The van der Waals surface area contributed by atoms with Crippen LogP contribution in [0.15, 0.2) is 52.3 Å². The Labute approximate surface area is 141 Å². The zero-order valence-corrected chi connectivity index (χ0v) is 13.8. The fraction of sp³-hybridized carbons (Fsp3) is 0.125. The molecule has 2 aromatic rings. The Morgan fingerprint density at radius 2 is 2.13 bits per heavy atom. The summed E-state index contributed by atoms with van der Waals surface area (Å²) in [5, 5.41) is 5.37. The molecule has 2 N–H and O–H groups in total. The van der Waals surface area contributed by atoms with Crippen LogP contribution in [0.4, 0.5) is 15.3 Å². The van der Waals surface area contributed by atoms with Crippen LogP contribution in [0.2, 0.25) is 0 Å². The van der Waals surface area contributed by atoms with E-state index in [2.05, 4.69) is 10.6 Å². The van der Waals surface area contributed by atoms with Crippen molar-refractivity contribution in [3.63, 3.8) is 0 Å². The van der Waals surface area contributed by atoms with Gasteiger partial charge in [-0.1, -0.05) is 6.07 Å². The fourth-order valence-electron chi connectivity index (χ4n) is 2.18. The summed E-state index contributed by atoms with van der Waals surface area (Å²) >= 11 is 1.58. The zero-order valence-electron chi connectivity index (χ0n) is 12.1. The molecule has 1 atom stereocenters. The maximum atomic E-state index is 12.6. The number of rotatable bonds is 3. The summed E-state index contributed by atoms with van der Waals surface area (Å²) in [6, 6.07) is 11.7. The van der Waals surface area contributed by atoms with Crippen molar-refractivity contribution in [1.29, 1.82) is 0 Å². The smallest absolute Gasteiger partial charge is 0.255 e. The molecule has 0 aliphatic carbocycles. The van der Waals surface area contributed by atoms with Gasteiger partial charge in [-0.3, -0.25) is 9.59 Å². The molecule has 4 nitrogen and oxygen atoms in total. The number of hydrogen-bond donors (Lipinski definition) is 2. The van der Waals surface area contributed by atoms with Crippen molar-refractivity contribution in [3.8, 4) is 0 Å². The number of nitrogens with one attached hydrogen (secondary N) is 2. The molecule has 2 amide bonds. The highest BCUT2D eigenvalue weighted by Crippen LogP contribution is 2.36. The lowest BCUT2D eigenvalue weighted by Gasteiger charge is -2.21. The van der Waals surface area contributed by atoms with Crippen molar-refractivity contribution in [2.45, 2.75) is 22.0 Å². The molecule has 1 unspecified atom stereocenters. The van der Waals surface area contributed by atoms with Gasteiger partial charge in [0, 0.05) is 21.0 Å². The van der Waals surface area contributed by atoms with Gasteiger partial charge in [0.2, 0.25) is 5.91 Å². The number of anilines is 2. The van der Waals surface area contributed by atoms with E-state index in [1.165, 1.54) is 11.8 Å². The molecule has 0 saturated heterocycles. The SMILES string of the molecule is CC1Sc2ccc(C(=O)Nc3cccc(SF)c3)cc2NC1=O. The maximum absolute atomic E-state index is 12.6. The monoisotopic (exact) mass is 348 g/mol. The lowest BCUT2D eigenvalue weighted by molar-refractivity contribution is -0.115. The number of hydrogen-bond acceptors (Lipinski definition) is 4. The Hall–Kier alpha value is -1.99. The minimum atomic E-state index is -0.313. The molecule has 118 valence electrons. The number of fused-ring (bicyclic) bond motifs is 1. The molecular weight excluding hydrogens is 335 g/mol. The second-order valence-corrected chi connectivity index (χ2v) is 7.03. The predicted octanol–water partition coefficient (Wildman–Crippen LogP) is 4.35. The summed E-state index contributed by atoms with van der Waals surface area (Å²) in [5.41, 5.74) is 1.58. The summed E-state index contributed by atoms with van der Waals surface area (Å²) < 4.78 is 12.6. The van der Waals surface area contributed by atoms with Crippen LogP contribution in [0.1, 0.15) is 17.3 Å². The highest BCUT2D eigenvalue weighted by molar-refractivity contribution is 8.01. The van der Waals surface area contributed by atoms with Gasteiger partial charge in [-0.25, -0.2) is 0 Å². The van der Waals surface area contributed by atoms with Gasteiger partial charge in [-0.05, 0) is 43.3 Å². The number of halogens is 1. The second-order valence-electron chi connectivity index (χ2n) is 5.02. The molecule has 1 heterocycles. The van der Waals surface area contributed by atoms with Crippen molar-refractivity contribution in [1.82, 2.24) is 0 Å². The minimum absolute atomic E-state index is 0.0762. The van der Waals surface area contributed by atoms with Crippen LogP contribution in [0.25, 0.3) is 0 Å². The first-order valence-electron chi connectivity index (χ1n) is 6.88. The minimum Gasteiger partial charge on any atom is -0.324 e. The first-order chi connectivity index (χ1) is 11.1. The largest absolute Gasteiger partial charge is 0.324 e. The first-order valence-corrected chi connectivity index (χ1v) is 8.48. The molecule has 0 fully saturated rings. The van der Waals surface area contributed by atoms with Crippen LogP contribution in [0.3, 0.4) is 0 Å². The van der Waals surface area contributed by atoms with E-state index in [-0.39, 0.29) is 29.2 Å². The normalized spacial score (nSPS) is 16.4. The van der Waals surface area contributed by atoms with Gasteiger partial charge in [-0.2, -0.15) is 3.89 Å². The quantitative estimate of drug-likeness (QED) is 0.866. The van der Waals surface area contributed by atoms with E-state index in [1.54, 1.807) is 36.4 Å². The van der Waals surface area contributed by atoms with E-state index >= 15 is 0 Å². The fourth-order valence-corrected chi connectivity index (χ4v) is 3.41. The van der Waals surface area contributed by atoms with Gasteiger partial charge in [0.1, 0.15) is 0 Å². The van der Waals surface area contributed by atoms with Gasteiger partial charge in [-0.15, -0.1) is 11.8 Å². The lowest BCUT2D eigenvalue weighted by Crippen LogP contribution is -2.26. The molecule has 2 aromatic carbocycles. The third kappa shape index (κ3) is 3.51. The van der Waals surface area contributed by atoms with Crippen LogP contribution < -0.4 is 10.6 Å². The van der Waals surface area contributed by atoms with Crippen molar-refractivity contribution < 1.29 is 13.5 Å². The highest BCUT2D eigenvalue weighted by Gasteiger charge is 2.23. The van der Waals surface area contributed by atoms with Crippen molar-refractivity contribution >= 4 is 47.1 Å². The predicted molar refractivity (Wildman–Crippen MR) is 91.8 cm³/mol. The van der Waals surface area contributed by atoms with E-state index in [0.29, 0.717) is 21.8 Å². The van der Waals surface area contributed by atoms with Gasteiger partial charge in [0.25, 0.3) is 5.91 Å². The van der Waals surface area contributed by atoms with Gasteiger partial charge >= 0.3 is 0 Å². The molecule has 1 aliphatic rings. The topological polar surface area (TPSA) is 58.2 Å². The molecule has 0 radical (unpaired) electrons. The molecule has 23 heavy (non-hydrogen) atoms. The van der Waals surface area contributed by atoms with Crippen LogP contribution in [-0.2, 0) is 4.79 Å². The van der Waals surface area contributed by atoms with Gasteiger partial charge in [0.15, 0.2) is 0 Å².